The summed E-state index contributed by atoms with van der Waals surface area (Å²) in [4.78, 5) is 7.36. The predicted octanol–water partition coefficient (Wildman–Crippen LogP) is 3.52. The zero-order valence-corrected chi connectivity index (χ0v) is 21.4. The van der Waals surface area contributed by atoms with Crippen LogP contribution in [0.1, 0.15) is 56.6 Å². The molecular weight excluding hydrogens is 503 g/mol. The van der Waals surface area contributed by atoms with Crippen molar-refractivity contribution in [1.29, 1.82) is 0 Å². The Bertz CT molecular complexity index is 639. The van der Waals surface area contributed by atoms with Crippen molar-refractivity contribution in [3.8, 4) is 0 Å². The lowest BCUT2D eigenvalue weighted by Crippen LogP contribution is -2.44. The number of nitrogens with one attached hydrogen (secondary N) is 2. The average Bonchev–Trinajstić information content (AvgIpc) is 3.07. The molecule has 3 rings (SSSR count). The molecule has 0 aliphatic carbocycles. The van der Waals surface area contributed by atoms with Gasteiger partial charge in [-0.25, -0.2) is 4.99 Å². The fourth-order valence-electron chi connectivity index (χ4n) is 4.40. The molecule has 1 atom stereocenters. The van der Waals surface area contributed by atoms with E-state index in [1.165, 1.54) is 49.9 Å². The second kappa shape index (κ2) is 14.3. The van der Waals surface area contributed by atoms with Crippen LogP contribution in [0.2, 0.25) is 0 Å². The van der Waals surface area contributed by atoms with Gasteiger partial charge in [-0.15, -0.1) is 24.0 Å². The number of rotatable bonds is 9. The third-order valence-corrected chi connectivity index (χ3v) is 6.35. The summed E-state index contributed by atoms with van der Waals surface area (Å²) < 4.78 is 5.59. The highest BCUT2D eigenvalue weighted by atomic mass is 127. The highest BCUT2D eigenvalue weighted by Crippen LogP contribution is 2.31. The summed E-state index contributed by atoms with van der Waals surface area (Å²) in [5.74, 6) is 0.829. The Morgan fingerprint density at radius 2 is 1.81 bits per heavy atom. The molecule has 1 unspecified atom stereocenters. The summed E-state index contributed by atoms with van der Waals surface area (Å²) in [5, 5.41) is 16.2. The molecule has 0 radical (unpaired) electrons. The zero-order chi connectivity index (χ0) is 21.1. The first-order valence-electron chi connectivity index (χ1n) is 11.7. The van der Waals surface area contributed by atoms with Crippen LogP contribution in [0.3, 0.4) is 0 Å². The molecular formula is C24H41IN4O2. The van der Waals surface area contributed by atoms with Gasteiger partial charge < -0.3 is 20.5 Å². The SMILES string of the molecule is CCNC(=NCc1ccc(CN2CCCCCC2)cc1)NCC1(CCO)CCOC1.I. The van der Waals surface area contributed by atoms with Crippen molar-refractivity contribution in [1.82, 2.24) is 15.5 Å². The quantitative estimate of drug-likeness (QED) is 0.252. The first-order chi connectivity index (χ1) is 14.7. The van der Waals surface area contributed by atoms with Crippen molar-refractivity contribution >= 4 is 29.9 Å². The lowest BCUT2D eigenvalue weighted by atomic mass is 9.84. The molecule has 176 valence electrons. The fraction of sp³-hybridized carbons (Fsp3) is 0.708. The maximum absolute atomic E-state index is 9.42. The monoisotopic (exact) mass is 544 g/mol. The Balaban J connectivity index is 0.00000341. The third-order valence-electron chi connectivity index (χ3n) is 6.35. The molecule has 31 heavy (non-hydrogen) atoms. The van der Waals surface area contributed by atoms with Crippen molar-refractivity contribution in [3.63, 3.8) is 0 Å². The van der Waals surface area contributed by atoms with Gasteiger partial charge in [-0.2, -0.15) is 0 Å². The molecule has 0 spiro atoms. The van der Waals surface area contributed by atoms with Gasteiger partial charge in [-0.05, 0) is 56.8 Å². The van der Waals surface area contributed by atoms with Gasteiger partial charge in [0.2, 0.25) is 0 Å². The number of hydrogen-bond donors (Lipinski definition) is 3. The smallest absolute Gasteiger partial charge is 0.191 e. The van der Waals surface area contributed by atoms with Crippen LogP contribution in [-0.4, -0.2) is 62.0 Å². The van der Waals surface area contributed by atoms with Gasteiger partial charge >= 0.3 is 0 Å². The number of benzene rings is 1. The molecule has 7 heteroatoms. The van der Waals surface area contributed by atoms with Crippen LogP contribution in [0.5, 0.6) is 0 Å². The molecule has 0 aromatic heterocycles. The number of halogens is 1. The summed E-state index contributed by atoms with van der Waals surface area (Å²) in [7, 11) is 0. The van der Waals surface area contributed by atoms with E-state index >= 15 is 0 Å². The maximum atomic E-state index is 9.42. The Kier molecular flexibility index (Phi) is 12.1. The van der Waals surface area contributed by atoms with Crippen molar-refractivity contribution in [2.24, 2.45) is 10.4 Å². The van der Waals surface area contributed by atoms with Gasteiger partial charge in [-0.3, -0.25) is 4.90 Å². The van der Waals surface area contributed by atoms with Crippen LogP contribution in [0.15, 0.2) is 29.3 Å². The summed E-state index contributed by atoms with van der Waals surface area (Å²) in [6.07, 6.45) is 7.17. The van der Waals surface area contributed by atoms with E-state index in [9.17, 15) is 5.11 Å². The Morgan fingerprint density at radius 3 is 2.42 bits per heavy atom. The summed E-state index contributed by atoms with van der Waals surface area (Å²) in [6, 6.07) is 8.92. The van der Waals surface area contributed by atoms with Crippen molar-refractivity contribution in [2.75, 3.05) is 46.0 Å². The minimum absolute atomic E-state index is 0. The van der Waals surface area contributed by atoms with Gasteiger partial charge in [0.1, 0.15) is 0 Å². The van der Waals surface area contributed by atoms with Crippen LogP contribution in [-0.2, 0) is 17.8 Å². The molecule has 2 heterocycles. The molecule has 6 nitrogen and oxygen atoms in total. The number of ether oxygens (including phenoxy) is 1. The van der Waals surface area contributed by atoms with Crippen LogP contribution in [0.4, 0.5) is 0 Å². The molecule has 3 N–H and O–H groups in total. The zero-order valence-electron chi connectivity index (χ0n) is 19.1. The lowest BCUT2D eigenvalue weighted by Gasteiger charge is -2.27. The van der Waals surface area contributed by atoms with Crippen molar-refractivity contribution < 1.29 is 9.84 Å². The van der Waals surface area contributed by atoms with Gasteiger partial charge in [0, 0.05) is 38.3 Å². The minimum atomic E-state index is 0. The molecule has 2 saturated heterocycles. The van der Waals surface area contributed by atoms with E-state index in [0.29, 0.717) is 13.2 Å². The van der Waals surface area contributed by atoms with Gasteiger partial charge in [0.05, 0.1) is 13.2 Å². The van der Waals surface area contributed by atoms with E-state index in [1.54, 1.807) is 0 Å². The van der Waals surface area contributed by atoms with Crippen LogP contribution >= 0.6 is 24.0 Å². The number of nitrogens with zero attached hydrogens (tertiary/aromatic N) is 2. The number of aliphatic hydroxyl groups excluding tert-OH is 1. The van der Waals surface area contributed by atoms with E-state index < -0.39 is 0 Å². The Hall–Kier alpha value is -0.900. The summed E-state index contributed by atoms with van der Waals surface area (Å²) >= 11 is 0. The Morgan fingerprint density at radius 1 is 1.10 bits per heavy atom. The van der Waals surface area contributed by atoms with Crippen LogP contribution in [0, 0.1) is 5.41 Å². The first kappa shape index (κ1) is 26.4. The highest BCUT2D eigenvalue weighted by Gasteiger charge is 2.34. The third kappa shape index (κ3) is 8.86. The number of aliphatic imine (C=N–C) groups is 1. The van der Waals surface area contributed by atoms with Crippen molar-refractivity contribution in [3.05, 3.63) is 35.4 Å². The van der Waals surface area contributed by atoms with Gasteiger partial charge in [0.15, 0.2) is 5.96 Å². The molecule has 0 amide bonds. The first-order valence-corrected chi connectivity index (χ1v) is 11.7. The van der Waals surface area contributed by atoms with Crippen molar-refractivity contribution in [2.45, 2.75) is 58.5 Å². The van der Waals surface area contributed by atoms with E-state index in [-0.39, 0.29) is 36.0 Å². The molecule has 1 aromatic rings. The fourth-order valence-corrected chi connectivity index (χ4v) is 4.40. The standard InChI is InChI=1S/C24H40N4O2.HI/c1-2-25-23(27-19-24(11-15-29)12-16-30-20-24)26-17-21-7-9-22(10-8-21)18-28-13-5-3-4-6-14-28;/h7-10,29H,2-6,11-20H2,1H3,(H2,25,26,27);1H. The van der Waals surface area contributed by atoms with E-state index in [1.807, 2.05) is 0 Å². The van der Waals surface area contributed by atoms with E-state index in [4.69, 9.17) is 9.73 Å². The number of hydrogen-bond acceptors (Lipinski definition) is 4. The largest absolute Gasteiger partial charge is 0.396 e. The Labute approximate surface area is 205 Å². The number of guanidine groups is 1. The van der Waals surface area contributed by atoms with E-state index in [0.717, 1.165) is 45.0 Å². The average molecular weight is 545 g/mol. The molecule has 0 saturated carbocycles. The second-order valence-electron chi connectivity index (χ2n) is 8.83. The summed E-state index contributed by atoms with van der Waals surface area (Å²) in [6.45, 7) is 9.53. The predicted molar refractivity (Wildman–Crippen MR) is 138 cm³/mol. The molecule has 1 aromatic carbocycles. The topological polar surface area (TPSA) is 69.1 Å². The summed E-state index contributed by atoms with van der Waals surface area (Å²) in [5.41, 5.74) is 2.63. The lowest BCUT2D eigenvalue weighted by molar-refractivity contribution is 0.127. The maximum Gasteiger partial charge on any atom is 0.191 e. The van der Waals surface area contributed by atoms with Gasteiger partial charge in [-0.1, -0.05) is 37.1 Å². The van der Waals surface area contributed by atoms with Crippen LogP contribution in [0.25, 0.3) is 0 Å². The molecule has 0 bridgehead atoms. The highest BCUT2D eigenvalue weighted by molar-refractivity contribution is 14.0. The number of likely N-dealkylation sites (tertiary alicyclic amines) is 1. The van der Waals surface area contributed by atoms with E-state index in [2.05, 4.69) is 46.7 Å². The normalized spacial score (nSPS) is 22.6. The second-order valence-corrected chi connectivity index (χ2v) is 8.83. The van der Waals surface area contributed by atoms with Crippen LogP contribution < -0.4 is 10.6 Å². The minimum Gasteiger partial charge on any atom is -0.396 e. The molecule has 2 aliphatic rings. The molecule has 2 aliphatic heterocycles. The number of aliphatic hydroxyl groups is 1. The van der Waals surface area contributed by atoms with Gasteiger partial charge in [0.25, 0.3) is 0 Å². The molecule has 2 fully saturated rings.